The second-order valence-corrected chi connectivity index (χ2v) is 3.55. The second-order valence-electron chi connectivity index (χ2n) is 2.64. The van der Waals surface area contributed by atoms with Crippen LogP contribution < -0.4 is 0 Å². The van der Waals surface area contributed by atoms with Crippen molar-refractivity contribution in [3.05, 3.63) is 34.3 Å². The largest absolute Gasteiger partial charge is 0.303 e. The minimum atomic E-state index is 0.104. The zero-order valence-corrected chi connectivity index (χ0v) is 9.87. The molecule has 0 bridgehead atoms. The molecule has 0 aromatic heterocycles. The van der Waals surface area contributed by atoms with Crippen molar-refractivity contribution in [3.8, 4) is 0 Å². The zero-order chi connectivity index (χ0) is 11.0. The fourth-order valence-electron chi connectivity index (χ4n) is 0.685. The molecule has 3 heteroatoms. The van der Waals surface area contributed by atoms with Crippen LogP contribution in [0.3, 0.4) is 0 Å². The highest BCUT2D eigenvalue weighted by molar-refractivity contribution is 9.10. The highest BCUT2D eigenvalue weighted by Crippen LogP contribution is 2.10. The number of Topliss-reactive ketones (excluding diaryl/α,β-unsaturated/α-hetero) is 1. The third-order valence-electron chi connectivity index (χ3n) is 1.42. The van der Waals surface area contributed by atoms with Crippen LogP contribution in [0.1, 0.15) is 30.6 Å². The lowest BCUT2D eigenvalue weighted by atomic mass is 10.2. The molecule has 0 saturated heterocycles. The van der Waals surface area contributed by atoms with Crippen LogP contribution in [0.2, 0.25) is 0 Å². The van der Waals surface area contributed by atoms with E-state index in [9.17, 15) is 9.59 Å². The molecule has 0 amide bonds. The van der Waals surface area contributed by atoms with E-state index < -0.39 is 0 Å². The van der Waals surface area contributed by atoms with Gasteiger partial charge in [0.25, 0.3) is 0 Å². The highest BCUT2D eigenvalue weighted by atomic mass is 79.9. The molecule has 1 rings (SSSR count). The summed E-state index contributed by atoms with van der Waals surface area (Å²) in [6.07, 6.45) is 1.51. The van der Waals surface area contributed by atoms with Crippen molar-refractivity contribution < 1.29 is 9.59 Å². The van der Waals surface area contributed by atoms with E-state index in [1.807, 2.05) is 19.1 Å². The van der Waals surface area contributed by atoms with Gasteiger partial charge in [0.2, 0.25) is 0 Å². The topological polar surface area (TPSA) is 34.1 Å². The van der Waals surface area contributed by atoms with E-state index in [-0.39, 0.29) is 5.78 Å². The number of hydrogen-bond donors (Lipinski definition) is 0. The first kappa shape index (κ1) is 13.0. The number of hydrogen-bond acceptors (Lipinski definition) is 2. The molecule has 0 unspecified atom stereocenters. The first-order valence-corrected chi connectivity index (χ1v) is 5.11. The van der Waals surface area contributed by atoms with E-state index in [2.05, 4.69) is 15.9 Å². The summed E-state index contributed by atoms with van der Waals surface area (Å²) in [6, 6.07) is 7.31. The van der Waals surface area contributed by atoms with Gasteiger partial charge in [0, 0.05) is 16.5 Å². The van der Waals surface area contributed by atoms with E-state index in [1.165, 1.54) is 0 Å². The summed E-state index contributed by atoms with van der Waals surface area (Å²) < 4.78 is 0.998. The Morgan fingerprint density at radius 3 is 2.07 bits per heavy atom. The summed E-state index contributed by atoms with van der Waals surface area (Å²) >= 11 is 3.28. The summed E-state index contributed by atoms with van der Waals surface area (Å²) in [5.74, 6) is 0.104. The molecule has 2 nitrogen and oxygen atoms in total. The number of halogens is 1. The zero-order valence-electron chi connectivity index (χ0n) is 8.29. The predicted molar refractivity (Wildman–Crippen MR) is 60.5 cm³/mol. The highest BCUT2D eigenvalue weighted by Gasteiger charge is 1.95. The molecule has 0 saturated carbocycles. The minimum absolute atomic E-state index is 0.104. The minimum Gasteiger partial charge on any atom is -0.303 e. The lowest BCUT2D eigenvalue weighted by Gasteiger charge is -1.92. The Kier molecular flexibility index (Phi) is 6.93. The van der Waals surface area contributed by atoms with Gasteiger partial charge in [-0.05, 0) is 19.1 Å². The van der Waals surface area contributed by atoms with E-state index in [0.29, 0.717) is 6.42 Å². The Morgan fingerprint density at radius 1 is 1.36 bits per heavy atom. The van der Waals surface area contributed by atoms with Gasteiger partial charge in [0.15, 0.2) is 5.78 Å². The molecule has 0 heterocycles. The van der Waals surface area contributed by atoms with Gasteiger partial charge in [0.05, 0.1) is 0 Å². The third-order valence-corrected chi connectivity index (χ3v) is 1.95. The first-order valence-electron chi connectivity index (χ1n) is 4.32. The quantitative estimate of drug-likeness (QED) is 0.602. The Hall–Kier alpha value is -0.960. The van der Waals surface area contributed by atoms with Crippen molar-refractivity contribution in [1.29, 1.82) is 0 Å². The molecule has 0 aliphatic carbocycles. The molecule has 0 atom stereocenters. The fraction of sp³-hybridized carbons (Fsp3) is 0.273. The number of aldehydes is 1. The maximum atomic E-state index is 10.7. The van der Waals surface area contributed by atoms with Gasteiger partial charge in [-0.15, -0.1) is 0 Å². The van der Waals surface area contributed by atoms with Crippen LogP contribution >= 0.6 is 15.9 Å². The molecular weight excluding hydrogens is 244 g/mol. The van der Waals surface area contributed by atoms with E-state index in [4.69, 9.17) is 0 Å². The van der Waals surface area contributed by atoms with Crippen LogP contribution in [0.25, 0.3) is 0 Å². The summed E-state index contributed by atoms with van der Waals surface area (Å²) in [4.78, 5) is 19.9. The van der Waals surface area contributed by atoms with Gasteiger partial charge in [0.1, 0.15) is 6.29 Å². The molecule has 0 N–H and O–H groups in total. The van der Waals surface area contributed by atoms with Crippen molar-refractivity contribution >= 4 is 28.0 Å². The van der Waals surface area contributed by atoms with Gasteiger partial charge in [-0.1, -0.05) is 35.0 Å². The summed E-state index contributed by atoms with van der Waals surface area (Å²) in [5, 5.41) is 0. The smallest absolute Gasteiger partial charge is 0.159 e. The van der Waals surface area contributed by atoms with Gasteiger partial charge in [-0.25, -0.2) is 0 Å². The lowest BCUT2D eigenvalue weighted by molar-refractivity contribution is -0.107. The molecule has 0 spiro atoms. The number of carbonyl (C=O) groups excluding carboxylic acids is 2. The van der Waals surface area contributed by atoms with Crippen LogP contribution in [0.5, 0.6) is 0 Å². The van der Waals surface area contributed by atoms with E-state index in [1.54, 1.807) is 19.1 Å². The number of rotatable bonds is 2. The molecule has 0 fully saturated rings. The lowest BCUT2D eigenvalue weighted by Crippen LogP contribution is -1.89. The summed E-state index contributed by atoms with van der Waals surface area (Å²) in [6.45, 7) is 3.37. The summed E-state index contributed by atoms with van der Waals surface area (Å²) in [5.41, 5.74) is 0.753. The fourth-order valence-corrected chi connectivity index (χ4v) is 0.949. The van der Waals surface area contributed by atoms with E-state index in [0.717, 1.165) is 16.3 Å². The van der Waals surface area contributed by atoms with Gasteiger partial charge < -0.3 is 4.79 Å². The normalized spacial score (nSPS) is 8.50. The number of ketones is 1. The SMILES string of the molecule is CC(=O)c1ccc(Br)cc1.CCC=O. The Bertz CT molecular complexity index is 291. The standard InChI is InChI=1S/C8H7BrO.C3H6O/c1-6(10)7-2-4-8(9)5-3-7;1-2-3-4/h2-5H,1H3;3H,2H2,1H3. The van der Waals surface area contributed by atoms with Crippen molar-refractivity contribution in [2.24, 2.45) is 0 Å². The van der Waals surface area contributed by atoms with Crippen LogP contribution in [0, 0.1) is 0 Å². The van der Waals surface area contributed by atoms with Crippen LogP contribution in [0.4, 0.5) is 0 Å². The molecule has 0 radical (unpaired) electrons. The number of benzene rings is 1. The Labute approximate surface area is 92.5 Å². The van der Waals surface area contributed by atoms with Crippen LogP contribution in [-0.4, -0.2) is 12.1 Å². The van der Waals surface area contributed by atoms with Crippen molar-refractivity contribution in [3.63, 3.8) is 0 Å². The maximum absolute atomic E-state index is 10.7. The molecule has 1 aromatic rings. The van der Waals surface area contributed by atoms with Crippen LogP contribution in [0.15, 0.2) is 28.7 Å². The van der Waals surface area contributed by atoms with Gasteiger partial charge in [-0.2, -0.15) is 0 Å². The van der Waals surface area contributed by atoms with Crippen LogP contribution in [-0.2, 0) is 4.79 Å². The van der Waals surface area contributed by atoms with Gasteiger partial charge >= 0.3 is 0 Å². The average Bonchev–Trinajstić information content (AvgIpc) is 2.19. The molecule has 0 aliphatic heterocycles. The first-order chi connectivity index (χ1) is 6.61. The molecule has 76 valence electrons. The Balaban J connectivity index is 0.000000364. The summed E-state index contributed by atoms with van der Waals surface area (Å²) in [7, 11) is 0. The third kappa shape index (κ3) is 5.65. The van der Waals surface area contributed by atoms with E-state index >= 15 is 0 Å². The molecule has 14 heavy (non-hydrogen) atoms. The molecular formula is C11H13BrO2. The molecule has 1 aromatic carbocycles. The Morgan fingerprint density at radius 2 is 1.79 bits per heavy atom. The van der Waals surface area contributed by atoms with Gasteiger partial charge in [-0.3, -0.25) is 4.79 Å². The van der Waals surface area contributed by atoms with Crippen molar-refractivity contribution in [1.82, 2.24) is 0 Å². The van der Waals surface area contributed by atoms with Crippen molar-refractivity contribution in [2.75, 3.05) is 0 Å². The average molecular weight is 257 g/mol. The molecule has 0 aliphatic rings. The van der Waals surface area contributed by atoms with Crippen molar-refractivity contribution in [2.45, 2.75) is 20.3 Å². The maximum Gasteiger partial charge on any atom is 0.159 e. The predicted octanol–water partition coefficient (Wildman–Crippen LogP) is 3.25. The second kappa shape index (κ2) is 7.44. The number of carbonyl (C=O) groups is 2. The monoisotopic (exact) mass is 256 g/mol.